The number of hydrogen-bond acceptors (Lipinski definition) is 6. The number of amides is 2. The maximum Gasteiger partial charge on any atom is 0.308 e. The number of hydrogen-bond donors (Lipinski definition) is 1. The van der Waals surface area contributed by atoms with Gasteiger partial charge in [-0.05, 0) is 49.1 Å². The molecule has 1 aliphatic heterocycles. The van der Waals surface area contributed by atoms with Crippen LogP contribution in [0.1, 0.15) is 30.1 Å². The molecule has 1 heterocycles. The minimum absolute atomic E-state index is 0.0412. The van der Waals surface area contributed by atoms with Crippen LogP contribution in [-0.4, -0.2) is 56.0 Å². The van der Waals surface area contributed by atoms with Crippen LogP contribution >= 0.6 is 0 Å². The van der Waals surface area contributed by atoms with Gasteiger partial charge in [-0.15, -0.1) is 0 Å². The Balaban J connectivity index is 1.41. The first-order valence-electron chi connectivity index (χ1n) is 10.6. The summed E-state index contributed by atoms with van der Waals surface area (Å²) in [5, 5.41) is 2.93. The fourth-order valence-corrected chi connectivity index (χ4v) is 3.56. The second-order valence-corrected chi connectivity index (χ2v) is 7.60. The Morgan fingerprint density at radius 3 is 2.44 bits per heavy atom. The molecule has 0 spiro atoms. The van der Waals surface area contributed by atoms with E-state index in [4.69, 9.17) is 14.2 Å². The summed E-state index contributed by atoms with van der Waals surface area (Å²) in [6.07, 6.45) is 1.60. The number of benzene rings is 2. The van der Waals surface area contributed by atoms with Crippen molar-refractivity contribution in [2.45, 2.75) is 19.8 Å². The van der Waals surface area contributed by atoms with Crippen LogP contribution in [-0.2, 0) is 9.59 Å². The quantitative estimate of drug-likeness (QED) is 0.501. The van der Waals surface area contributed by atoms with Crippen molar-refractivity contribution in [1.29, 1.82) is 0 Å². The first kappa shape index (κ1) is 23.1. The van der Waals surface area contributed by atoms with Crippen LogP contribution in [0.4, 0.5) is 0 Å². The van der Waals surface area contributed by atoms with Gasteiger partial charge in [0, 0.05) is 32.1 Å². The smallest absolute Gasteiger partial charge is 0.308 e. The summed E-state index contributed by atoms with van der Waals surface area (Å²) in [6, 6.07) is 13.7. The number of carbonyl (C=O) groups is 3. The molecular weight excluding hydrogens is 412 g/mol. The van der Waals surface area contributed by atoms with Gasteiger partial charge in [0.05, 0.1) is 7.11 Å². The summed E-state index contributed by atoms with van der Waals surface area (Å²) >= 11 is 0. The number of piperidine rings is 1. The lowest BCUT2D eigenvalue weighted by Crippen LogP contribution is -2.43. The van der Waals surface area contributed by atoms with Crippen LogP contribution in [0.3, 0.4) is 0 Å². The third-order valence-corrected chi connectivity index (χ3v) is 5.30. The zero-order valence-corrected chi connectivity index (χ0v) is 18.3. The zero-order valence-electron chi connectivity index (χ0n) is 18.3. The van der Waals surface area contributed by atoms with Crippen molar-refractivity contribution in [3.8, 4) is 17.2 Å². The van der Waals surface area contributed by atoms with Crippen LogP contribution in [0.15, 0.2) is 48.5 Å². The maximum atomic E-state index is 12.5. The Morgan fingerprint density at radius 1 is 1.03 bits per heavy atom. The van der Waals surface area contributed by atoms with E-state index in [1.54, 1.807) is 48.4 Å². The molecule has 0 bridgehead atoms. The topological polar surface area (TPSA) is 94.2 Å². The fourth-order valence-electron chi connectivity index (χ4n) is 3.56. The van der Waals surface area contributed by atoms with Crippen molar-refractivity contribution in [2.75, 3.05) is 33.4 Å². The third kappa shape index (κ3) is 6.47. The van der Waals surface area contributed by atoms with Gasteiger partial charge >= 0.3 is 5.97 Å². The zero-order chi connectivity index (χ0) is 22.9. The number of ether oxygens (including phenoxy) is 3. The molecule has 8 heteroatoms. The molecule has 8 nitrogen and oxygen atoms in total. The molecule has 0 unspecified atom stereocenters. The molecule has 170 valence electrons. The molecule has 1 fully saturated rings. The number of nitrogens with zero attached hydrogens (tertiary/aromatic N) is 1. The van der Waals surface area contributed by atoms with Crippen molar-refractivity contribution < 1.29 is 28.6 Å². The van der Waals surface area contributed by atoms with E-state index in [0.29, 0.717) is 42.4 Å². The van der Waals surface area contributed by atoms with Crippen LogP contribution in [0.5, 0.6) is 17.2 Å². The van der Waals surface area contributed by atoms with Gasteiger partial charge in [-0.2, -0.15) is 0 Å². The van der Waals surface area contributed by atoms with Crippen LogP contribution in [0.25, 0.3) is 0 Å². The predicted molar refractivity (Wildman–Crippen MR) is 118 cm³/mol. The molecule has 3 rings (SSSR count). The summed E-state index contributed by atoms with van der Waals surface area (Å²) in [5.74, 6) is 1.04. The van der Waals surface area contributed by atoms with Crippen molar-refractivity contribution in [3.05, 3.63) is 54.1 Å². The largest absolute Gasteiger partial charge is 0.493 e. The first-order valence-corrected chi connectivity index (χ1v) is 10.6. The van der Waals surface area contributed by atoms with Crippen molar-refractivity contribution in [1.82, 2.24) is 10.2 Å². The van der Waals surface area contributed by atoms with E-state index < -0.39 is 5.97 Å². The van der Waals surface area contributed by atoms with E-state index in [1.165, 1.54) is 6.92 Å². The number of rotatable bonds is 8. The fraction of sp³-hybridized carbons (Fsp3) is 0.375. The van der Waals surface area contributed by atoms with Gasteiger partial charge in [0.1, 0.15) is 5.75 Å². The molecule has 0 aliphatic carbocycles. The van der Waals surface area contributed by atoms with Crippen molar-refractivity contribution in [2.24, 2.45) is 5.92 Å². The highest BCUT2D eigenvalue weighted by Gasteiger charge is 2.24. The molecule has 2 aromatic carbocycles. The van der Waals surface area contributed by atoms with Gasteiger partial charge in [0.15, 0.2) is 18.1 Å². The number of methoxy groups -OCH3 is 1. The minimum atomic E-state index is -0.433. The molecule has 1 N–H and O–H groups in total. The van der Waals surface area contributed by atoms with Crippen molar-refractivity contribution >= 4 is 17.8 Å². The van der Waals surface area contributed by atoms with Gasteiger partial charge in [-0.1, -0.05) is 18.2 Å². The lowest BCUT2D eigenvalue weighted by atomic mass is 9.96. The number of carbonyl (C=O) groups excluding carboxylic acids is 3. The maximum absolute atomic E-state index is 12.5. The van der Waals surface area contributed by atoms with Crippen LogP contribution in [0.2, 0.25) is 0 Å². The van der Waals surface area contributed by atoms with Crippen LogP contribution in [0, 0.1) is 5.92 Å². The standard InChI is InChI=1S/C24H28N2O6/c1-17(27)32-20-7-5-6-19(14-20)24(29)25-15-18-10-12-26(13-11-18)23(28)16-31-22-9-4-3-8-21(22)30-2/h3-9,14,18H,10-13,15-16H2,1-2H3,(H,25,29). The average molecular weight is 440 g/mol. The summed E-state index contributed by atoms with van der Waals surface area (Å²) in [6.45, 7) is 3.04. The Morgan fingerprint density at radius 2 is 1.75 bits per heavy atom. The van der Waals surface area contributed by atoms with E-state index in [-0.39, 0.29) is 24.3 Å². The molecule has 32 heavy (non-hydrogen) atoms. The molecule has 0 aromatic heterocycles. The number of likely N-dealkylation sites (tertiary alicyclic amines) is 1. The van der Waals surface area contributed by atoms with E-state index >= 15 is 0 Å². The van der Waals surface area contributed by atoms with Gasteiger partial charge in [0.25, 0.3) is 11.8 Å². The SMILES string of the molecule is COc1ccccc1OCC(=O)N1CCC(CNC(=O)c2cccc(OC(C)=O)c2)CC1. The number of esters is 1. The molecule has 2 amide bonds. The molecule has 0 radical (unpaired) electrons. The lowest BCUT2D eigenvalue weighted by Gasteiger charge is -2.32. The second-order valence-electron chi connectivity index (χ2n) is 7.60. The Hall–Kier alpha value is -3.55. The van der Waals surface area contributed by atoms with Gasteiger partial charge in [-0.3, -0.25) is 14.4 Å². The average Bonchev–Trinajstić information content (AvgIpc) is 2.81. The molecule has 1 aliphatic rings. The minimum Gasteiger partial charge on any atom is -0.493 e. The highest BCUT2D eigenvalue weighted by Crippen LogP contribution is 2.26. The van der Waals surface area contributed by atoms with Gasteiger partial charge < -0.3 is 24.4 Å². The monoisotopic (exact) mass is 440 g/mol. The van der Waals surface area contributed by atoms with Gasteiger partial charge in [-0.25, -0.2) is 0 Å². The molecule has 0 saturated carbocycles. The summed E-state index contributed by atoms with van der Waals surface area (Å²) < 4.78 is 15.9. The number of nitrogens with one attached hydrogen (secondary N) is 1. The summed E-state index contributed by atoms with van der Waals surface area (Å²) in [7, 11) is 1.56. The molecule has 0 atom stereocenters. The van der Waals surface area contributed by atoms with Crippen molar-refractivity contribution in [3.63, 3.8) is 0 Å². The Bertz CT molecular complexity index is 953. The molecule has 1 saturated heterocycles. The normalized spacial score (nSPS) is 13.9. The molecule has 2 aromatic rings. The second kappa shape index (κ2) is 11.2. The third-order valence-electron chi connectivity index (χ3n) is 5.30. The summed E-state index contributed by atoms with van der Waals surface area (Å²) in [4.78, 5) is 37.8. The highest BCUT2D eigenvalue weighted by molar-refractivity contribution is 5.94. The number of para-hydroxylation sites is 2. The lowest BCUT2D eigenvalue weighted by molar-refractivity contribution is -0.135. The van der Waals surface area contributed by atoms with E-state index in [1.807, 2.05) is 12.1 Å². The highest BCUT2D eigenvalue weighted by atomic mass is 16.5. The summed E-state index contributed by atoms with van der Waals surface area (Å²) in [5.41, 5.74) is 0.435. The van der Waals surface area contributed by atoms with E-state index in [0.717, 1.165) is 12.8 Å². The van der Waals surface area contributed by atoms with E-state index in [9.17, 15) is 14.4 Å². The Labute approximate surface area is 187 Å². The van der Waals surface area contributed by atoms with Crippen LogP contribution < -0.4 is 19.5 Å². The van der Waals surface area contributed by atoms with E-state index in [2.05, 4.69) is 5.32 Å². The first-order chi connectivity index (χ1) is 15.5. The molecular formula is C24H28N2O6. The predicted octanol–water partition coefficient (Wildman–Crippen LogP) is 2.67. The van der Waals surface area contributed by atoms with Gasteiger partial charge in [0.2, 0.25) is 0 Å². The Kier molecular flexibility index (Phi) is 8.08.